The monoisotopic (exact) mass is 463 g/mol. The highest BCUT2D eigenvalue weighted by Gasteiger charge is 2.16. The Morgan fingerprint density at radius 2 is 1.62 bits per heavy atom. The Bertz CT molecular complexity index is 1230. The van der Waals surface area contributed by atoms with Crippen LogP contribution in [0.5, 0.6) is 0 Å². The zero-order chi connectivity index (χ0) is 24.9. The molecule has 0 bridgehead atoms. The van der Waals surface area contributed by atoms with E-state index in [-0.39, 0.29) is 19.0 Å². The number of nitrogens with one attached hydrogen (secondary N) is 3. The van der Waals surface area contributed by atoms with Gasteiger partial charge in [0.1, 0.15) is 12.1 Å². The number of hydrogen-bond donors (Lipinski definition) is 3. The summed E-state index contributed by atoms with van der Waals surface area (Å²) in [5, 5.41) is 8.00. The first-order valence-corrected chi connectivity index (χ1v) is 10.9. The summed E-state index contributed by atoms with van der Waals surface area (Å²) < 4.78 is 5.11. The van der Waals surface area contributed by atoms with Crippen LogP contribution in [0.25, 0.3) is 11.0 Å². The number of rotatable bonds is 6. The molecule has 3 aromatic rings. The number of aromatic nitrogens is 2. The molecule has 1 heterocycles. The number of amides is 3. The fourth-order valence-corrected chi connectivity index (χ4v) is 3.09. The van der Waals surface area contributed by atoms with E-state index in [1.165, 1.54) is 0 Å². The van der Waals surface area contributed by atoms with Crippen molar-refractivity contribution >= 4 is 34.6 Å². The molecule has 0 unspecified atom stereocenters. The highest BCUT2D eigenvalue weighted by Crippen LogP contribution is 2.15. The lowest BCUT2D eigenvalue weighted by atomic mass is 10.1. The number of carbonyl (C=O) groups is 3. The molecular weight excluding hydrogens is 434 g/mol. The lowest BCUT2D eigenvalue weighted by molar-refractivity contribution is -0.115. The van der Waals surface area contributed by atoms with Gasteiger partial charge in [0.2, 0.25) is 5.91 Å². The first kappa shape index (κ1) is 24.6. The average molecular weight is 464 g/mol. The molecule has 0 saturated heterocycles. The molecule has 3 rings (SSSR count). The highest BCUT2D eigenvalue weighted by molar-refractivity contribution is 5.97. The van der Waals surface area contributed by atoms with E-state index in [1.54, 1.807) is 57.2 Å². The van der Waals surface area contributed by atoms with Gasteiger partial charge in [-0.2, -0.15) is 0 Å². The number of benzene rings is 2. The van der Waals surface area contributed by atoms with Crippen LogP contribution >= 0.6 is 0 Å². The first-order valence-electron chi connectivity index (χ1n) is 10.9. The van der Waals surface area contributed by atoms with Crippen molar-refractivity contribution in [1.82, 2.24) is 20.6 Å². The molecule has 178 valence electrons. The minimum atomic E-state index is -0.663. The molecule has 1 aromatic heterocycles. The van der Waals surface area contributed by atoms with Gasteiger partial charge in [0.25, 0.3) is 5.91 Å². The maximum absolute atomic E-state index is 12.6. The standard InChI is InChI=1S/C25H29N5O4/c1-15-16(2)29-21-12-18(9-10-20(21)28-15)23(32)26-13-17-7-6-8-19(11-17)30-22(31)14-27-24(33)34-25(3,4)5/h6-12H,13-14H2,1-5H3,(H,26,32)(H,27,33)(H,30,31). The second-order valence-corrected chi connectivity index (χ2v) is 8.88. The molecule has 0 radical (unpaired) electrons. The van der Waals surface area contributed by atoms with E-state index in [2.05, 4.69) is 25.9 Å². The van der Waals surface area contributed by atoms with Gasteiger partial charge in [0, 0.05) is 17.8 Å². The smallest absolute Gasteiger partial charge is 0.408 e. The Morgan fingerprint density at radius 3 is 2.32 bits per heavy atom. The van der Waals surface area contributed by atoms with Gasteiger partial charge in [-0.15, -0.1) is 0 Å². The van der Waals surface area contributed by atoms with Crippen molar-refractivity contribution in [3.8, 4) is 0 Å². The van der Waals surface area contributed by atoms with Crippen molar-refractivity contribution in [3.05, 3.63) is 65.0 Å². The molecule has 0 aliphatic carbocycles. The van der Waals surface area contributed by atoms with Gasteiger partial charge in [0.15, 0.2) is 0 Å². The quantitative estimate of drug-likeness (QED) is 0.513. The van der Waals surface area contributed by atoms with Crippen molar-refractivity contribution < 1.29 is 19.1 Å². The van der Waals surface area contributed by atoms with Crippen LogP contribution in [0, 0.1) is 13.8 Å². The molecule has 0 atom stereocenters. The number of fused-ring (bicyclic) bond motifs is 1. The Kier molecular flexibility index (Phi) is 7.45. The number of ether oxygens (including phenoxy) is 1. The summed E-state index contributed by atoms with van der Waals surface area (Å²) in [6.07, 6.45) is -0.663. The van der Waals surface area contributed by atoms with Gasteiger partial charge in [-0.1, -0.05) is 12.1 Å². The van der Waals surface area contributed by atoms with Crippen LogP contribution in [-0.4, -0.2) is 40.0 Å². The van der Waals surface area contributed by atoms with E-state index in [1.807, 2.05) is 19.9 Å². The van der Waals surface area contributed by atoms with E-state index in [0.717, 1.165) is 22.5 Å². The van der Waals surface area contributed by atoms with Crippen molar-refractivity contribution in [3.63, 3.8) is 0 Å². The Hall–Kier alpha value is -4.01. The van der Waals surface area contributed by atoms with Crippen LogP contribution < -0.4 is 16.0 Å². The second-order valence-electron chi connectivity index (χ2n) is 8.88. The molecular formula is C25H29N5O4. The Labute approximate surface area is 198 Å². The summed E-state index contributed by atoms with van der Waals surface area (Å²) in [7, 11) is 0. The highest BCUT2D eigenvalue weighted by atomic mass is 16.6. The van der Waals surface area contributed by atoms with Gasteiger partial charge in [-0.05, 0) is 70.5 Å². The number of anilines is 1. The zero-order valence-corrected chi connectivity index (χ0v) is 20.0. The second kappa shape index (κ2) is 10.3. The molecule has 9 nitrogen and oxygen atoms in total. The van der Waals surface area contributed by atoms with Crippen LogP contribution in [0.1, 0.15) is 48.1 Å². The maximum atomic E-state index is 12.6. The van der Waals surface area contributed by atoms with Gasteiger partial charge >= 0.3 is 6.09 Å². The molecule has 0 saturated carbocycles. The number of carbonyl (C=O) groups excluding carboxylic acids is 3. The van der Waals surface area contributed by atoms with Crippen LogP contribution in [0.2, 0.25) is 0 Å². The fraction of sp³-hybridized carbons (Fsp3) is 0.320. The summed E-state index contributed by atoms with van der Waals surface area (Å²) in [5.41, 5.74) is 4.29. The largest absolute Gasteiger partial charge is 0.444 e. The SMILES string of the molecule is Cc1nc2ccc(C(=O)NCc3cccc(NC(=O)CNC(=O)OC(C)(C)C)c3)cc2nc1C. The topological polar surface area (TPSA) is 122 Å². The van der Waals surface area contributed by atoms with E-state index in [0.29, 0.717) is 16.8 Å². The maximum Gasteiger partial charge on any atom is 0.408 e. The third-order valence-electron chi connectivity index (χ3n) is 4.79. The zero-order valence-electron chi connectivity index (χ0n) is 20.0. The molecule has 0 fully saturated rings. The van der Waals surface area contributed by atoms with Crippen molar-refractivity contribution in [2.45, 2.75) is 46.8 Å². The molecule has 34 heavy (non-hydrogen) atoms. The minimum absolute atomic E-state index is 0.222. The van der Waals surface area contributed by atoms with E-state index in [9.17, 15) is 14.4 Å². The fourth-order valence-electron chi connectivity index (χ4n) is 3.09. The van der Waals surface area contributed by atoms with Crippen LogP contribution in [0.3, 0.4) is 0 Å². The number of hydrogen-bond acceptors (Lipinski definition) is 6. The van der Waals surface area contributed by atoms with E-state index < -0.39 is 17.6 Å². The number of nitrogens with zero attached hydrogens (tertiary/aromatic N) is 2. The lowest BCUT2D eigenvalue weighted by Gasteiger charge is -2.19. The third kappa shape index (κ3) is 6.99. The minimum Gasteiger partial charge on any atom is -0.444 e. The number of alkyl carbamates (subject to hydrolysis) is 1. The Balaban J connectivity index is 1.55. The van der Waals surface area contributed by atoms with Crippen LogP contribution in [-0.2, 0) is 16.1 Å². The van der Waals surface area contributed by atoms with E-state index >= 15 is 0 Å². The Morgan fingerprint density at radius 1 is 0.912 bits per heavy atom. The summed E-state index contributed by atoms with van der Waals surface area (Å²) >= 11 is 0. The molecule has 9 heteroatoms. The van der Waals surface area contributed by atoms with Crippen LogP contribution in [0.4, 0.5) is 10.5 Å². The van der Waals surface area contributed by atoms with Gasteiger partial charge < -0.3 is 20.7 Å². The van der Waals surface area contributed by atoms with Crippen LogP contribution in [0.15, 0.2) is 42.5 Å². The summed E-state index contributed by atoms with van der Waals surface area (Å²) in [6, 6.07) is 12.3. The normalized spacial score (nSPS) is 11.1. The molecule has 3 amide bonds. The third-order valence-corrected chi connectivity index (χ3v) is 4.79. The van der Waals surface area contributed by atoms with Gasteiger partial charge in [-0.3, -0.25) is 9.59 Å². The molecule has 2 aromatic carbocycles. The predicted molar refractivity (Wildman–Crippen MR) is 129 cm³/mol. The summed E-state index contributed by atoms with van der Waals surface area (Å²) in [6.45, 7) is 9.06. The molecule has 0 aliphatic heterocycles. The van der Waals surface area contributed by atoms with Crippen molar-refractivity contribution in [2.75, 3.05) is 11.9 Å². The number of aryl methyl sites for hydroxylation is 2. The average Bonchev–Trinajstić information content (AvgIpc) is 2.76. The van der Waals surface area contributed by atoms with E-state index in [4.69, 9.17) is 4.74 Å². The lowest BCUT2D eigenvalue weighted by Crippen LogP contribution is -2.37. The summed E-state index contributed by atoms with van der Waals surface area (Å²) in [4.78, 5) is 45.4. The van der Waals surface area contributed by atoms with Crippen molar-refractivity contribution in [1.29, 1.82) is 0 Å². The predicted octanol–water partition coefficient (Wildman–Crippen LogP) is 3.64. The van der Waals surface area contributed by atoms with Crippen molar-refractivity contribution in [2.24, 2.45) is 0 Å². The molecule has 0 aliphatic rings. The first-order chi connectivity index (χ1) is 16.0. The van der Waals surface area contributed by atoms with Gasteiger partial charge in [-0.25, -0.2) is 14.8 Å². The summed E-state index contributed by atoms with van der Waals surface area (Å²) in [5.74, 6) is -0.632. The molecule has 3 N–H and O–H groups in total. The molecule has 0 spiro atoms. The van der Waals surface area contributed by atoms with Gasteiger partial charge in [0.05, 0.1) is 22.4 Å².